The summed E-state index contributed by atoms with van der Waals surface area (Å²) < 4.78 is 22.8. The van der Waals surface area contributed by atoms with Gasteiger partial charge in [0.2, 0.25) is 0 Å². The van der Waals surface area contributed by atoms with E-state index in [0.717, 1.165) is 46.8 Å². The summed E-state index contributed by atoms with van der Waals surface area (Å²) in [6.45, 7) is 5.87. The van der Waals surface area contributed by atoms with Gasteiger partial charge in [-0.25, -0.2) is 9.59 Å². The van der Waals surface area contributed by atoms with E-state index in [2.05, 4.69) is 72.4 Å². The average molecular weight is 837 g/mol. The minimum Gasteiger partial charge on any atom is -0.494 e. The predicted octanol–water partition coefficient (Wildman–Crippen LogP) is 13.5. The molecule has 0 radical (unpaired) electrons. The fourth-order valence-electron chi connectivity index (χ4n) is 6.72. The van der Waals surface area contributed by atoms with Crippen molar-refractivity contribution in [2.24, 2.45) is 9.98 Å². The fraction of sp³-hybridized carbons (Fsp3) is 0.370. The first-order valence-corrected chi connectivity index (χ1v) is 22.7. The van der Waals surface area contributed by atoms with E-state index in [1.54, 1.807) is 24.3 Å². The molecule has 0 aromatic heterocycles. The number of aryl methyl sites for hydroxylation is 2. The average Bonchev–Trinajstić information content (AvgIpc) is 3.31. The molecule has 0 atom stereocenters. The Balaban J connectivity index is 0.917. The molecule has 8 nitrogen and oxygen atoms in total. The maximum atomic E-state index is 12.9. The topological polar surface area (TPSA) is 95.8 Å². The Bertz CT molecular complexity index is 1940. The van der Waals surface area contributed by atoms with Gasteiger partial charge < -0.3 is 18.9 Å². The van der Waals surface area contributed by atoms with E-state index in [4.69, 9.17) is 18.9 Å². The highest BCUT2D eigenvalue weighted by Gasteiger charge is 2.19. The Morgan fingerprint density at radius 2 is 0.823 bits per heavy atom. The number of aliphatic imine (C=N–C) groups is 2. The molecule has 0 saturated heterocycles. The Morgan fingerprint density at radius 3 is 1.21 bits per heavy atom. The number of ether oxygens (including phenoxy) is 4. The number of hydrogen-bond donors (Lipinski definition) is 0. The third-order valence-electron chi connectivity index (χ3n) is 10.4. The first-order valence-electron chi connectivity index (χ1n) is 22.7. The number of carbonyl (C=O) groups excluding carboxylic acids is 2. The molecule has 0 fully saturated rings. The lowest BCUT2D eigenvalue weighted by molar-refractivity contribution is 0.0447. The molecule has 0 aliphatic heterocycles. The number of esters is 2. The lowest BCUT2D eigenvalue weighted by Gasteiger charge is -2.10. The molecule has 62 heavy (non-hydrogen) atoms. The van der Waals surface area contributed by atoms with Gasteiger partial charge in [-0.1, -0.05) is 88.8 Å². The lowest BCUT2D eigenvalue weighted by Crippen LogP contribution is -2.15. The molecule has 0 aliphatic rings. The van der Waals surface area contributed by atoms with Crippen LogP contribution in [0.15, 0.2) is 131 Å². The third kappa shape index (κ3) is 17.5. The summed E-state index contributed by atoms with van der Waals surface area (Å²) in [7, 11) is 0. The zero-order chi connectivity index (χ0) is 43.5. The van der Waals surface area contributed by atoms with Crippen molar-refractivity contribution in [1.29, 1.82) is 0 Å². The lowest BCUT2D eigenvalue weighted by atomic mass is 10.1. The van der Waals surface area contributed by atoms with Crippen molar-refractivity contribution in [2.75, 3.05) is 26.4 Å². The van der Waals surface area contributed by atoms with E-state index >= 15 is 0 Å². The quantitative estimate of drug-likeness (QED) is 0.0283. The summed E-state index contributed by atoms with van der Waals surface area (Å²) in [5, 5.41) is 0. The second-order valence-electron chi connectivity index (χ2n) is 15.5. The molecule has 0 amide bonds. The number of nitrogens with zero attached hydrogens (tertiary/aromatic N) is 2. The third-order valence-corrected chi connectivity index (χ3v) is 10.4. The van der Waals surface area contributed by atoms with E-state index in [1.165, 1.54) is 62.5 Å². The van der Waals surface area contributed by atoms with Crippen molar-refractivity contribution in [3.05, 3.63) is 155 Å². The van der Waals surface area contributed by atoms with Crippen LogP contribution in [0, 0.1) is 0 Å². The molecule has 8 heteroatoms. The van der Waals surface area contributed by atoms with Gasteiger partial charge in [0.25, 0.3) is 0 Å². The molecule has 0 aliphatic carbocycles. The van der Waals surface area contributed by atoms with E-state index in [-0.39, 0.29) is 24.3 Å². The summed E-state index contributed by atoms with van der Waals surface area (Å²) >= 11 is 0. The highest BCUT2D eigenvalue weighted by atomic mass is 16.5. The van der Waals surface area contributed by atoms with Crippen LogP contribution in [-0.2, 0) is 22.3 Å². The summed E-state index contributed by atoms with van der Waals surface area (Å²) in [4.78, 5) is 35.0. The van der Waals surface area contributed by atoms with Crippen molar-refractivity contribution in [1.82, 2.24) is 0 Å². The molecular formula is C54H64N2O6. The zero-order valence-electron chi connectivity index (χ0n) is 36.8. The summed E-state index contributed by atoms with van der Waals surface area (Å²) in [5.74, 6) is 0.427. The van der Waals surface area contributed by atoms with E-state index < -0.39 is 11.9 Å². The standard InChI is InChI=1S/C54H64N2O6/c1-3-5-7-9-17-43-21-29-47(30-22-43)55-41-45-25-33-49(34-26-45)59-37-13-15-39-61-53(57)51-19-11-12-20-52(51)54(58)62-40-16-14-38-60-50-35-27-46(28-36-50)42-56-48-31-23-44(24-32-48)18-10-8-6-4-2/h11-12,19-36,41-42H,3-10,13-18,37-40H2,1-2H3. The van der Waals surface area contributed by atoms with Gasteiger partial charge >= 0.3 is 11.9 Å². The van der Waals surface area contributed by atoms with Crippen LogP contribution in [-0.4, -0.2) is 50.8 Å². The first-order chi connectivity index (χ1) is 30.5. The van der Waals surface area contributed by atoms with Crippen molar-refractivity contribution in [3.8, 4) is 11.5 Å². The van der Waals surface area contributed by atoms with Gasteiger partial charge in [0, 0.05) is 12.4 Å². The zero-order valence-corrected chi connectivity index (χ0v) is 36.8. The van der Waals surface area contributed by atoms with Gasteiger partial charge in [0.15, 0.2) is 0 Å². The molecule has 0 N–H and O–H groups in total. The molecule has 0 bridgehead atoms. The van der Waals surface area contributed by atoms with Crippen molar-refractivity contribution >= 4 is 35.7 Å². The number of rotatable bonds is 28. The molecule has 0 unspecified atom stereocenters. The Labute approximate surface area is 369 Å². The SMILES string of the molecule is CCCCCCc1ccc(N=Cc2ccc(OCCCCOC(=O)c3ccccc3C(=O)OCCCCOc3ccc(C=Nc4ccc(CCCCCC)cc4)cc3)cc2)cc1. The molecular weight excluding hydrogens is 773 g/mol. The van der Waals surface area contributed by atoms with E-state index in [0.29, 0.717) is 38.9 Å². The Kier molecular flexibility index (Phi) is 21.1. The van der Waals surface area contributed by atoms with Crippen molar-refractivity contribution in [2.45, 2.75) is 104 Å². The van der Waals surface area contributed by atoms with E-state index in [9.17, 15) is 9.59 Å². The molecule has 0 spiro atoms. The molecule has 5 rings (SSSR count). The molecule has 0 saturated carbocycles. The Hall–Kier alpha value is -6.02. The first kappa shape index (κ1) is 47.0. The van der Waals surface area contributed by atoms with Crippen LogP contribution in [0.3, 0.4) is 0 Å². The van der Waals surface area contributed by atoms with Gasteiger partial charge in [-0.2, -0.15) is 0 Å². The molecule has 5 aromatic carbocycles. The summed E-state index contributed by atoms with van der Waals surface area (Å²) in [5.41, 5.74) is 6.96. The van der Waals surface area contributed by atoms with Crippen molar-refractivity contribution < 1.29 is 28.5 Å². The van der Waals surface area contributed by atoms with Crippen LogP contribution >= 0.6 is 0 Å². The maximum Gasteiger partial charge on any atom is 0.339 e. The predicted molar refractivity (Wildman–Crippen MR) is 252 cm³/mol. The van der Waals surface area contributed by atoms with Gasteiger partial charge in [-0.05, 0) is 159 Å². The van der Waals surface area contributed by atoms with Gasteiger partial charge in [-0.3, -0.25) is 9.98 Å². The Morgan fingerprint density at radius 1 is 0.435 bits per heavy atom. The highest BCUT2D eigenvalue weighted by Crippen LogP contribution is 2.19. The normalized spacial score (nSPS) is 11.3. The highest BCUT2D eigenvalue weighted by molar-refractivity contribution is 6.03. The molecule has 326 valence electrons. The summed E-state index contributed by atoms with van der Waals surface area (Å²) in [6.07, 6.45) is 18.7. The van der Waals surface area contributed by atoms with Crippen LogP contribution in [0.2, 0.25) is 0 Å². The second kappa shape index (κ2) is 27.8. The molecule has 0 heterocycles. The van der Waals surface area contributed by atoms with E-state index in [1.807, 2.05) is 61.0 Å². The van der Waals surface area contributed by atoms with Gasteiger partial charge in [0.1, 0.15) is 11.5 Å². The smallest absolute Gasteiger partial charge is 0.339 e. The fourth-order valence-corrected chi connectivity index (χ4v) is 6.72. The second-order valence-corrected chi connectivity index (χ2v) is 15.5. The summed E-state index contributed by atoms with van der Waals surface area (Å²) in [6, 6.07) is 39.2. The number of benzene rings is 5. The number of hydrogen-bond acceptors (Lipinski definition) is 8. The number of carbonyl (C=O) groups is 2. The molecule has 5 aromatic rings. The van der Waals surface area contributed by atoms with Crippen LogP contribution in [0.5, 0.6) is 11.5 Å². The van der Waals surface area contributed by atoms with Gasteiger partial charge in [0.05, 0.1) is 48.9 Å². The maximum absolute atomic E-state index is 12.9. The number of unbranched alkanes of at least 4 members (excludes halogenated alkanes) is 8. The van der Waals surface area contributed by atoms with Gasteiger partial charge in [-0.15, -0.1) is 0 Å². The van der Waals surface area contributed by atoms with Crippen LogP contribution in [0.1, 0.15) is 134 Å². The van der Waals surface area contributed by atoms with Crippen LogP contribution in [0.25, 0.3) is 0 Å². The largest absolute Gasteiger partial charge is 0.494 e. The minimum atomic E-state index is -0.554. The van der Waals surface area contributed by atoms with Crippen LogP contribution in [0.4, 0.5) is 11.4 Å². The minimum absolute atomic E-state index is 0.190. The van der Waals surface area contributed by atoms with Crippen LogP contribution < -0.4 is 9.47 Å². The van der Waals surface area contributed by atoms with Crippen molar-refractivity contribution in [3.63, 3.8) is 0 Å². The monoisotopic (exact) mass is 836 g/mol.